The van der Waals surface area contributed by atoms with Gasteiger partial charge in [0.2, 0.25) is 0 Å². The lowest BCUT2D eigenvalue weighted by Crippen LogP contribution is -1.78. The SMILES string of the molecule is C=C(Cl)/C=C\C(C)=O. The van der Waals surface area contributed by atoms with E-state index in [1.807, 2.05) is 0 Å². The molecule has 0 spiro atoms. The molecule has 0 aliphatic rings. The van der Waals surface area contributed by atoms with Crippen molar-refractivity contribution in [2.24, 2.45) is 0 Å². The molecule has 0 aromatic carbocycles. The molecule has 0 rings (SSSR count). The van der Waals surface area contributed by atoms with Gasteiger partial charge >= 0.3 is 0 Å². The molecule has 0 saturated carbocycles. The summed E-state index contributed by atoms with van der Waals surface area (Å²) in [5.41, 5.74) is 0. The zero-order valence-electron chi connectivity index (χ0n) is 4.65. The zero-order chi connectivity index (χ0) is 6.57. The highest BCUT2D eigenvalue weighted by atomic mass is 35.5. The first kappa shape index (κ1) is 7.44. The topological polar surface area (TPSA) is 17.1 Å². The second kappa shape index (κ2) is 3.44. The number of rotatable bonds is 2. The zero-order valence-corrected chi connectivity index (χ0v) is 5.40. The Hall–Kier alpha value is -0.560. The van der Waals surface area contributed by atoms with Crippen molar-refractivity contribution in [1.82, 2.24) is 0 Å². The highest BCUT2D eigenvalue weighted by Crippen LogP contribution is 1.96. The van der Waals surface area contributed by atoms with Crippen molar-refractivity contribution >= 4 is 17.4 Å². The second-order valence-electron chi connectivity index (χ2n) is 1.39. The van der Waals surface area contributed by atoms with Gasteiger partial charge in [-0.1, -0.05) is 18.2 Å². The summed E-state index contributed by atoms with van der Waals surface area (Å²) >= 11 is 5.29. The minimum atomic E-state index is -0.0215. The van der Waals surface area contributed by atoms with Gasteiger partial charge in [0.15, 0.2) is 5.78 Å². The van der Waals surface area contributed by atoms with Gasteiger partial charge in [0.1, 0.15) is 0 Å². The molecule has 44 valence electrons. The van der Waals surface area contributed by atoms with Crippen molar-refractivity contribution in [2.45, 2.75) is 6.92 Å². The van der Waals surface area contributed by atoms with E-state index in [2.05, 4.69) is 6.58 Å². The molecule has 0 radical (unpaired) electrons. The maximum Gasteiger partial charge on any atom is 0.152 e. The quantitative estimate of drug-likeness (QED) is 0.412. The molecule has 0 N–H and O–H groups in total. The molecule has 0 atom stereocenters. The standard InChI is InChI=1S/C6H7ClO/c1-5(7)3-4-6(2)8/h3-4H,1H2,2H3/b4-3-. The molecule has 0 aliphatic heterocycles. The van der Waals surface area contributed by atoms with Crippen LogP contribution in [0.25, 0.3) is 0 Å². The maximum absolute atomic E-state index is 10.2. The molecule has 0 bridgehead atoms. The summed E-state index contributed by atoms with van der Waals surface area (Å²) in [4.78, 5) is 10.2. The number of carbonyl (C=O) groups is 1. The van der Waals surface area contributed by atoms with E-state index in [-0.39, 0.29) is 5.78 Å². The van der Waals surface area contributed by atoms with Crippen LogP contribution in [-0.2, 0) is 4.79 Å². The van der Waals surface area contributed by atoms with Crippen molar-refractivity contribution in [3.05, 3.63) is 23.8 Å². The lowest BCUT2D eigenvalue weighted by atomic mass is 10.4. The van der Waals surface area contributed by atoms with E-state index in [0.29, 0.717) is 5.03 Å². The second-order valence-corrected chi connectivity index (χ2v) is 1.88. The predicted octanol–water partition coefficient (Wildman–Crippen LogP) is 1.88. The van der Waals surface area contributed by atoms with Crippen LogP contribution < -0.4 is 0 Å². The van der Waals surface area contributed by atoms with Crippen LogP contribution in [0.15, 0.2) is 23.8 Å². The average Bonchev–Trinajstić information content (AvgIpc) is 1.61. The van der Waals surface area contributed by atoms with Gasteiger partial charge < -0.3 is 0 Å². The third kappa shape index (κ3) is 5.44. The Morgan fingerprint density at radius 3 is 2.25 bits per heavy atom. The van der Waals surface area contributed by atoms with Crippen molar-refractivity contribution in [1.29, 1.82) is 0 Å². The molecule has 0 aliphatic carbocycles. The van der Waals surface area contributed by atoms with Crippen LogP contribution in [0.2, 0.25) is 0 Å². The molecule has 2 heteroatoms. The van der Waals surface area contributed by atoms with Gasteiger partial charge in [-0.2, -0.15) is 0 Å². The Kier molecular flexibility index (Phi) is 3.20. The normalized spacial score (nSPS) is 9.75. The average molecular weight is 131 g/mol. The Bertz CT molecular complexity index is 119. The van der Waals surface area contributed by atoms with Gasteiger partial charge in [-0.15, -0.1) is 0 Å². The van der Waals surface area contributed by atoms with Crippen LogP contribution in [0.4, 0.5) is 0 Å². The van der Waals surface area contributed by atoms with Crippen molar-refractivity contribution in [2.75, 3.05) is 0 Å². The third-order valence-corrected chi connectivity index (χ3v) is 0.625. The molecule has 0 unspecified atom stereocenters. The minimum absolute atomic E-state index is 0.0215. The predicted molar refractivity (Wildman–Crippen MR) is 34.8 cm³/mol. The lowest BCUT2D eigenvalue weighted by molar-refractivity contribution is -0.112. The van der Waals surface area contributed by atoms with E-state index in [1.165, 1.54) is 19.1 Å². The van der Waals surface area contributed by atoms with Crippen LogP contribution in [0.5, 0.6) is 0 Å². The largest absolute Gasteiger partial charge is 0.295 e. The molecular formula is C6H7ClO. The fourth-order valence-corrected chi connectivity index (χ4v) is 0.271. The van der Waals surface area contributed by atoms with E-state index in [4.69, 9.17) is 11.6 Å². The highest BCUT2D eigenvalue weighted by Gasteiger charge is 1.80. The summed E-state index contributed by atoms with van der Waals surface area (Å²) in [6, 6.07) is 0. The first-order valence-corrected chi connectivity index (χ1v) is 2.54. The number of hydrogen-bond donors (Lipinski definition) is 0. The van der Waals surface area contributed by atoms with Gasteiger partial charge in [-0.25, -0.2) is 0 Å². The van der Waals surface area contributed by atoms with E-state index in [9.17, 15) is 4.79 Å². The molecule has 0 heterocycles. The van der Waals surface area contributed by atoms with Gasteiger partial charge in [0, 0.05) is 5.03 Å². The maximum atomic E-state index is 10.2. The van der Waals surface area contributed by atoms with Gasteiger partial charge in [-0.05, 0) is 19.1 Å². The summed E-state index contributed by atoms with van der Waals surface area (Å²) in [5, 5.41) is 0.375. The summed E-state index contributed by atoms with van der Waals surface area (Å²) in [6.45, 7) is 4.81. The van der Waals surface area contributed by atoms with Gasteiger partial charge in [-0.3, -0.25) is 4.79 Å². The Balaban J connectivity index is 3.67. The Morgan fingerprint density at radius 2 is 2.12 bits per heavy atom. The van der Waals surface area contributed by atoms with Gasteiger partial charge in [0.05, 0.1) is 0 Å². The number of carbonyl (C=O) groups excluding carboxylic acids is 1. The van der Waals surface area contributed by atoms with E-state index >= 15 is 0 Å². The molecule has 0 fully saturated rings. The number of halogens is 1. The molecule has 0 amide bonds. The highest BCUT2D eigenvalue weighted by molar-refractivity contribution is 6.31. The third-order valence-electron chi connectivity index (χ3n) is 0.499. The first-order valence-electron chi connectivity index (χ1n) is 2.16. The summed E-state index contributed by atoms with van der Waals surface area (Å²) in [6.07, 6.45) is 2.83. The van der Waals surface area contributed by atoms with Crippen molar-refractivity contribution in [3.63, 3.8) is 0 Å². The molecule has 0 aromatic heterocycles. The summed E-state index contributed by atoms with van der Waals surface area (Å²) in [5.74, 6) is -0.0215. The van der Waals surface area contributed by atoms with Crippen LogP contribution in [0.3, 0.4) is 0 Å². The van der Waals surface area contributed by atoms with Crippen LogP contribution >= 0.6 is 11.6 Å². The minimum Gasteiger partial charge on any atom is -0.295 e. The number of ketones is 1. The lowest BCUT2D eigenvalue weighted by Gasteiger charge is -1.77. The fourth-order valence-electron chi connectivity index (χ4n) is 0.208. The van der Waals surface area contributed by atoms with Crippen LogP contribution in [0, 0.1) is 0 Å². The summed E-state index contributed by atoms with van der Waals surface area (Å²) < 4.78 is 0. The van der Waals surface area contributed by atoms with Crippen LogP contribution in [0.1, 0.15) is 6.92 Å². The van der Waals surface area contributed by atoms with Crippen molar-refractivity contribution in [3.8, 4) is 0 Å². The monoisotopic (exact) mass is 130 g/mol. The number of allylic oxidation sites excluding steroid dienone is 3. The van der Waals surface area contributed by atoms with Crippen LogP contribution in [-0.4, -0.2) is 5.78 Å². The van der Waals surface area contributed by atoms with E-state index in [0.717, 1.165) is 0 Å². The molecular weight excluding hydrogens is 124 g/mol. The summed E-state index contributed by atoms with van der Waals surface area (Å²) in [7, 11) is 0. The smallest absolute Gasteiger partial charge is 0.152 e. The molecule has 0 saturated heterocycles. The van der Waals surface area contributed by atoms with Gasteiger partial charge in [0.25, 0.3) is 0 Å². The molecule has 0 aromatic rings. The van der Waals surface area contributed by atoms with E-state index in [1.54, 1.807) is 0 Å². The molecule has 8 heavy (non-hydrogen) atoms. The fraction of sp³-hybridized carbons (Fsp3) is 0.167. The molecule has 1 nitrogen and oxygen atoms in total. The Morgan fingerprint density at radius 1 is 1.62 bits per heavy atom. The Labute approximate surface area is 53.6 Å². The van der Waals surface area contributed by atoms with E-state index < -0.39 is 0 Å². The first-order chi connectivity index (χ1) is 3.63. The van der Waals surface area contributed by atoms with Crippen molar-refractivity contribution < 1.29 is 4.79 Å². The number of hydrogen-bond acceptors (Lipinski definition) is 1.